The molecule has 6 heteroatoms. The zero-order chi connectivity index (χ0) is 13.3. The van der Waals surface area contributed by atoms with Crippen LogP contribution in [0.25, 0.3) is 11.0 Å². The van der Waals surface area contributed by atoms with Crippen LogP contribution in [0, 0.1) is 6.92 Å². The maximum absolute atomic E-state index is 12.9. The molecular formula is C12H12F2N2O2. The summed E-state index contributed by atoms with van der Waals surface area (Å²) in [7, 11) is 0. The van der Waals surface area contributed by atoms with Crippen molar-refractivity contribution in [3.05, 3.63) is 29.6 Å². The Hall–Kier alpha value is -1.98. The number of nitrogens with zero attached hydrogens (tertiary/aromatic N) is 1. The summed E-state index contributed by atoms with van der Waals surface area (Å²) >= 11 is 0. The maximum Gasteiger partial charge on any atom is 0.374 e. The predicted octanol–water partition coefficient (Wildman–Crippen LogP) is 2.52. The number of halogens is 2. The number of aliphatic carboxylic acids is 1. The van der Waals surface area contributed by atoms with Gasteiger partial charge in [-0.3, -0.25) is 0 Å². The third-order valence-electron chi connectivity index (χ3n) is 2.71. The van der Waals surface area contributed by atoms with Gasteiger partial charge in [-0.05, 0) is 31.0 Å². The minimum absolute atomic E-state index is 0.00725. The Bertz CT molecular complexity index is 593. The summed E-state index contributed by atoms with van der Waals surface area (Å²) in [5, 5.41) is 8.33. The molecule has 96 valence electrons. The Kier molecular flexibility index (Phi) is 3.02. The number of H-pyrrole nitrogens is 1. The minimum Gasteiger partial charge on any atom is -0.477 e. The second-order valence-electron chi connectivity index (χ2n) is 4.18. The lowest BCUT2D eigenvalue weighted by atomic mass is 10.1. The topological polar surface area (TPSA) is 66.0 Å². The van der Waals surface area contributed by atoms with E-state index in [-0.39, 0.29) is 6.42 Å². The number of aromatic amines is 1. The molecule has 1 aromatic carbocycles. The van der Waals surface area contributed by atoms with Crippen molar-refractivity contribution in [2.45, 2.75) is 25.7 Å². The summed E-state index contributed by atoms with van der Waals surface area (Å²) in [5.74, 6) is -5.02. The van der Waals surface area contributed by atoms with E-state index in [1.807, 2.05) is 0 Å². The van der Waals surface area contributed by atoms with Gasteiger partial charge in [-0.25, -0.2) is 9.78 Å². The van der Waals surface area contributed by atoms with Crippen molar-refractivity contribution in [2.75, 3.05) is 0 Å². The predicted molar refractivity (Wildman–Crippen MR) is 61.7 cm³/mol. The molecule has 0 aliphatic heterocycles. The Labute approximate surface area is 102 Å². The molecule has 0 fully saturated rings. The fourth-order valence-corrected chi connectivity index (χ4v) is 1.75. The molecule has 0 saturated carbocycles. The highest BCUT2D eigenvalue weighted by Gasteiger charge is 2.37. The lowest BCUT2D eigenvalue weighted by Crippen LogP contribution is -2.28. The second-order valence-corrected chi connectivity index (χ2v) is 4.18. The Morgan fingerprint density at radius 2 is 2.22 bits per heavy atom. The fourth-order valence-electron chi connectivity index (χ4n) is 1.75. The summed E-state index contributed by atoms with van der Waals surface area (Å²) in [5.41, 5.74) is 2.19. The van der Waals surface area contributed by atoms with Gasteiger partial charge in [0, 0.05) is 6.42 Å². The molecule has 0 atom stereocenters. The molecule has 0 bridgehead atoms. The number of hydrogen-bond acceptors (Lipinski definition) is 2. The van der Waals surface area contributed by atoms with Crippen LogP contribution in [0.4, 0.5) is 8.78 Å². The first-order valence-electron chi connectivity index (χ1n) is 5.45. The van der Waals surface area contributed by atoms with Gasteiger partial charge < -0.3 is 10.1 Å². The molecule has 2 aromatic rings. The van der Waals surface area contributed by atoms with Crippen molar-refractivity contribution in [1.82, 2.24) is 9.97 Å². The summed E-state index contributed by atoms with van der Waals surface area (Å²) < 4.78 is 25.9. The molecule has 1 heterocycles. The van der Waals surface area contributed by atoms with E-state index >= 15 is 0 Å². The van der Waals surface area contributed by atoms with Crippen molar-refractivity contribution in [3.63, 3.8) is 0 Å². The van der Waals surface area contributed by atoms with Gasteiger partial charge in [0.15, 0.2) is 0 Å². The number of fused-ring (bicyclic) bond motifs is 1. The van der Waals surface area contributed by atoms with Crippen LogP contribution in [-0.2, 0) is 11.2 Å². The van der Waals surface area contributed by atoms with Gasteiger partial charge in [-0.2, -0.15) is 8.78 Å². The molecule has 2 rings (SSSR count). The molecule has 0 aliphatic rings. The van der Waals surface area contributed by atoms with Crippen molar-refractivity contribution >= 4 is 17.0 Å². The lowest BCUT2D eigenvalue weighted by Gasteiger charge is -2.10. The fraction of sp³-hybridized carbons (Fsp3) is 0.333. The molecular weight excluding hydrogens is 242 g/mol. The SMILES string of the molecule is Cc1nc2ccc(CCC(F)(F)C(=O)O)cc2[nH]1. The second kappa shape index (κ2) is 4.36. The molecule has 0 unspecified atom stereocenters. The summed E-state index contributed by atoms with van der Waals surface area (Å²) in [4.78, 5) is 17.5. The van der Waals surface area contributed by atoms with Crippen LogP contribution in [0.2, 0.25) is 0 Å². The van der Waals surface area contributed by atoms with Crippen LogP contribution in [0.5, 0.6) is 0 Å². The minimum atomic E-state index is -3.68. The normalized spacial score (nSPS) is 11.9. The number of aromatic nitrogens is 2. The van der Waals surface area contributed by atoms with E-state index < -0.39 is 18.3 Å². The van der Waals surface area contributed by atoms with E-state index in [2.05, 4.69) is 9.97 Å². The Morgan fingerprint density at radius 3 is 2.89 bits per heavy atom. The van der Waals surface area contributed by atoms with Crippen LogP contribution in [0.15, 0.2) is 18.2 Å². The third-order valence-corrected chi connectivity index (χ3v) is 2.71. The van der Waals surface area contributed by atoms with Crippen LogP contribution in [0.1, 0.15) is 17.8 Å². The molecule has 0 aliphatic carbocycles. The molecule has 0 radical (unpaired) electrons. The first kappa shape index (κ1) is 12.5. The number of carboxylic acids is 1. The maximum atomic E-state index is 12.9. The quantitative estimate of drug-likeness (QED) is 0.881. The standard InChI is InChI=1S/C12H12F2N2O2/c1-7-15-9-3-2-8(6-10(9)16-7)4-5-12(13,14)11(17)18/h2-3,6H,4-5H2,1H3,(H,15,16)(H,17,18). The van der Waals surface area contributed by atoms with Gasteiger partial charge in [-0.1, -0.05) is 6.07 Å². The van der Waals surface area contributed by atoms with Crippen LogP contribution in [-0.4, -0.2) is 27.0 Å². The largest absolute Gasteiger partial charge is 0.477 e. The number of benzene rings is 1. The van der Waals surface area contributed by atoms with E-state index in [0.29, 0.717) is 5.56 Å². The van der Waals surface area contributed by atoms with Gasteiger partial charge in [0.1, 0.15) is 5.82 Å². The first-order chi connectivity index (χ1) is 8.38. The smallest absolute Gasteiger partial charge is 0.374 e. The molecule has 0 saturated heterocycles. The number of rotatable bonds is 4. The number of nitrogens with one attached hydrogen (secondary N) is 1. The highest BCUT2D eigenvalue weighted by atomic mass is 19.3. The van der Waals surface area contributed by atoms with Crippen molar-refractivity contribution < 1.29 is 18.7 Å². The van der Waals surface area contributed by atoms with Gasteiger partial charge in [0.2, 0.25) is 0 Å². The zero-order valence-electron chi connectivity index (χ0n) is 9.70. The van der Waals surface area contributed by atoms with Gasteiger partial charge >= 0.3 is 11.9 Å². The number of hydrogen-bond donors (Lipinski definition) is 2. The lowest BCUT2D eigenvalue weighted by molar-refractivity contribution is -0.165. The number of imidazole rings is 1. The number of carbonyl (C=O) groups is 1. The zero-order valence-corrected chi connectivity index (χ0v) is 9.70. The van der Waals surface area contributed by atoms with Gasteiger partial charge in [0.05, 0.1) is 11.0 Å². The van der Waals surface area contributed by atoms with E-state index in [0.717, 1.165) is 16.9 Å². The highest BCUT2D eigenvalue weighted by Crippen LogP contribution is 2.22. The Morgan fingerprint density at radius 1 is 1.50 bits per heavy atom. The summed E-state index contributed by atoms with van der Waals surface area (Å²) in [6, 6.07) is 5.13. The van der Waals surface area contributed by atoms with Gasteiger partial charge in [0.25, 0.3) is 0 Å². The highest BCUT2D eigenvalue weighted by molar-refractivity contribution is 5.76. The average Bonchev–Trinajstić information content (AvgIpc) is 2.65. The molecule has 18 heavy (non-hydrogen) atoms. The number of carboxylic acid groups (broad SMARTS) is 1. The van der Waals surface area contributed by atoms with E-state index in [9.17, 15) is 13.6 Å². The van der Waals surface area contributed by atoms with Crippen molar-refractivity contribution in [3.8, 4) is 0 Å². The molecule has 1 aromatic heterocycles. The van der Waals surface area contributed by atoms with E-state index in [1.54, 1.807) is 25.1 Å². The first-order valence-corrected chi connectivity index (χ1v) is 5.45. The Balaban J connectivity index is 2.15. The molecule has 0 amide bonds. The van der Waals surface area contributed by atoms with E-state index in [1.165, 1.54) is 0 Å². The summed E-state index contributed by atoms with van der Waals surface area (Å²) in [6.07, 6.45) is -0.700. The van der Waals surface area contributed by atoms with E-state index in [4.69, 9.17) is 5.11 Å². The number of aryl methyl sites for hydroxylation is 2. The number of alkyl halides is 2. The van der Waals surface area contributed by atoms with Gasteiger partial charge in [-0.15, -0.1) is 0 Å². The third kappa shape index (κ3) is 2.47. The van der Waals surface area contributed by atoms with Crippen molar-refractivity contribution in [1.29, 1.82) is 0 Å². The molecule has 4 nitrogen and oxygen atoms in total. The van der Waals surface area contributed by atoms with Crippen molar-refractivity contribution in [2.24, 2.45) is 0 Å². The van der Waals surface area contributed by atoms with Crippen LogP contribution < -0.4 is 0 Å². The summed E-state index contributed by atoms with van der Waals surface area (Å²) in [6.45, 7) is 1.80. The average molecular weight is 254 g/mol. The molecule has 2 N–H and O–H groups in total. The van der Waals surface area contributed by atoms with Crippen LogP contribution >= 0.6 is 0 Å². The monoisotopic (exact) mass is 254 g/mol. The molecule has 0 spiro atoms. The van der Waals surface area contributed by atoms with Crippen LogP contribution in [0.3, 0.4) is 0 Å².